The number of hydrogen-bond acceptors (Lipinski definition) is 5. The van der Waals surface area contributed by atoms with Gasteiger partial charge in [-0.05, 0) is 56.2 Å². The molecule has 156 valence electrons. The number of aryl methyl sites for hydroxylation is 2. The van der Waals surface area contributed by atoms with Crippen LogP contribution in [-0.2, 0) is 22.5 Å². The van der Waals surface area contributed by atoms with Gasteiger partial charge in [0, 0.05) is 13.1 Å². The molecule has 0 atom stereocenters. The molecule has 1 heterocycles. The van der Waals surface area contributed by atoms with Crippen LogP contribution in [0, 0.1) is 12.7 Å². The second-order valence-electron chi connectivity index (χ2n) is 6.75. The fraction of sp³-hybridized carbons (Fsp3) is 0.273. The van der Waals surface area contributed by atoms with E-state index in [4.69, 9.17) is 4.74 Å². The maximum absolute atomic E-state index is 12.9. The third kappa shape index (κ3) is 4.89. The predicted molar refractivity (Wildman–Crippen MR) is 110 cm³/mol. The van der Waals surface area contributed by atoms with E-state index in [-0.39, 0.29) is 16.9 Å². The Morgan fingerprint density at radius 3 is 2.60 bits per heavy atom. The maximum atomic E-state index is 12.9. The molecule has 1 N–H and O–H groups in total. The van der Waals surface area contributed by atoms with E-state index >= 15 is 0 Å². The number of benzene rings is 2. The summed E-state index contributed by atoms with van der Waals surface area (Å²) in [5.74, 6) is -1.40. The van der Waals surface area contributed by atoms with Crippen LogP contribution >= 0.6 is 0 Å². The van der Waals surface area contributed by atoms with Gasteiger partial charge in [0.15, 0.2) is 6.61 Å². The van der Waals surface area contributed by atoms with Gasteiger partial charge in [0.25, 0.3) is 11.5 Å². The van der Waals surface area contributed by atoms with Gasteiger partial charge in [0.05, 0.1) is 16.6 Å². The monoisotopic (exact) mass is 411 g/mol. The molecular formula is C22H22FN3O4. The quantitative estimate of drug-likeness (QED) is 0.603. The second kappa shape index (κ2) is 9.30. The molecule has 3 rings (SSSR count). The van der Waals surface area contributed by atoms with Crippen LogP contribution in [0.3, 0.4) is 0 Å². The highest BCUT2D eigenvalue weighted by Crippen LogP contribution is 2.14. The fourth-order valence-electron chi connectivity index (χ4n) is 3.08. The summed E-state index contributed by atoms with van der Waals surface area (Å²) >= 11 is 0. The molecule has 0 radical (unpaired) electrons. The van der Waals surface area contributed by atoms with E-state index in [1.807, 2.05) is 6.92 Å². The first-order valence-electron chi connectivity index (χ1n) is 9.58. The number of esters is 1. The topological polar surface area (TPSA) is 90.3 Å². The van der Waals surface area contributed by atoms with Gasteiger partial charge in [-0.3, -0.25) is 9.59 Å². The second-order valence-corrected chi connectivity index (χ2v) is 6.75. The Hall–Kier alpha value is -3.55. The van der Waals surface area contributed by atoms with Gasteiger partial charge in [-0.25, -0.2) is 14.2 Å². The van der Waals surface area contributed by atoms with Crippen molar-refractivity contribution in [3.8, 4) is 0 Å². The summed E-state index contributed by atoms with van der Waals surface area (Å²) < 4.78 is 19.5. The lowest BCUT2D eigenvalue weighted by molar-refractivity contribution is -0.124. The highest BCUT2D eigenvalue weighted by atomic mass is 19.1. The average molecular weight is 411 g/mol. The Kier molecular flexibility index (Phi) is 6.56. The first-order valence-corrected chi connectivity index (χ1v) is 9.58. The van der Waals surface area contributed by atoms with Gasteiger partial charge < -0.3 is 14.6 Å². The van der Waals surface area contributed by atoms with Crippen LogP contribution in [0.2, 0.25) is 0 Å². The molecule has 8 heteroatoms. The molecule has 0 unspecified atom stereocenters. The van der Waals surface area contributed by atoms with E-state index in [1.54, 1.807) is 41.8 Å². The van der Waals surface area contributed by atoms with E-state index < -0.39 is 18.5 Å². The van der Waals surface area contributed by atoms with Gasteiger partial charge in [0.1, 0.15) is 11.5 Å². The Balaban J connectivity index is 1.57. The molecule has 0 saturated heterocycles. The lowest BCUT2D eigenvalue weighted by Gasteiger charge is -2.10. The zero-order valence-corrected chi connectivity index (χ0v) is 16.8. The number of aromatic nitrogens is 2. The van der Waals surface area contributed by atoms with E-state index in [2.05, 4.69) is 10.3 Å². The van der Waals surface area contributed by atoms with E-state index in [1.165, 1.54) is 12.1 Å². The van der Waals surface area contributed by atoms with Crippen LogP contribution in [0.5, 0.6) is 0 Å². The van der Waals surface area contributed by atoms with Crippen LogP contribution in [0.4, 0.5) is 4.39 Å². The van der Waals surface area contributed by atoms with Crippen molar-refractivity contribution in [3.63, 3.8) is 0 Å². The lowest BCUT2D eigenvalue weighted by atomic mass is 10.1. The molecule has 0 aliphatic carbocycles. The molecule has 0 saturated carbocycles. The van der Waals surface area contributed by atoms with Gasteiger partial charge >= 0.3 is 5.97 Å². The number of rotatable bonds is 7. The smallest absolute Gasteiger partial charge is 0.338 e. The molecule has 0 bridgehead atoms. The van der Waals surface area contributed by atoms with Gasteiger partial charge in [-0.15, -0.1) is 0 Å². The molecule has 2 aromatic carbocycles. The summed E-state index contributed by atoms with van der Waals surface area (Å²) in [6, 6.07) is 10.7. The zero-order chi connectivity index (χ0) is 21.7. The van der Waals surface area contributed by atoms with Crippen LogP contribution in [0.15, 0.2) is 47.3 Å². The average Bonchev–Trinajstić information content (AvgIpc) is 2.74. The van der Waals surface area contributed by atoms with Crippen LogP contribution < -0.4 is 10.9 Å². The third-order valence-corrected chi connectivity index (χ3v) is 4.64. The summed E-state index contributed by atoms with van der Waals surface area (Å²) in [7, 11) is 0. The number of nitrogens with zero attached hydrogens (tertiary/aromatic N) is 2. The first kappa shape index (κ1) is 21.2. The first-order chi connectivity index (χ1) is 14.4. The number of carbonyl (C=O) groups is 2. The molecule has 0 aliphatic heterocycles. The number of fused-ring (bicyclic) bond motifs is 1. The highest BCUT2D eigenvalue weighted by molar-refractivity contribution is 5.94. The Labute approximate surface area is 172 Å². The van der Waals surface area contributed by atoms with E-state index in [0.717, 1.165) is 5.56 Å². The number of ether oxygens (including phenoxy) is 1. The Morgan fingerprint density at radius 1 is 1.17 bits per heavy atom. The third-order valence-electron chi connectivity index (χ3n) is 4.64. The number of nitrogens with one attached hydrogen (secondary N) is 1. The molecule has 0 fully saturated rings. The van der Waals surface area contributed by atoms with E-state index in [9.17, 15) is 18.8 Å². The van der Waals surface area contributed by atoms with Crippen molar-refractivity contribution in [1.82, 2.24) is 14.9 Å². The number of halogens is 1. The van der Waals surface area contributed by atoms with Crippen LogP contribution in [0.1, 0.15) is 28.5 Å². The summed E-state index contributed by atoms with van der Waals surface area (Å²) in [5, 5.41) is 2.65. The van der Waals surface area contributed by atoms with Gasteiger partial charge in [0.2, 0.25) is 0 Å². The van der Waals surface area contributed by atoms with Gasteiger partial charge in [-0.1, -0.05) is 12.1 Å². The lowest BCUT2D eigenvalue weighted by Crippen LogP contribution is -2.30. The zero-order valence-electron chi connectivity index (χ0n) is 16.8. The van der Waals surface area contributed by atoms with Crippen molar-refractivity contribution in [3.05, 3.63) is 75.5 Å². The largest absolute Gasteiger partial charge is 0.452 e. The van der Waals surface area contributed by atoms with Crippen LogP contribution in [0.25, 0.3) is 11.0 Å². The van der Waals surface area contributed by atoms with Crippen molar-refractivity contribution < 1.29 is 18.7 Å². The Bertz CT molecular complexity index is 1140. The molecule has 1 aromatic heterocycles. The van der Waals surface area contributed by atoms with Crippen molar-refractivity contribution in [2.45, 2.75) is 26.8 Å². The van der Waals surface area contributed by atoms with Crippen molar-refractivity contribution in [1.29, 1.82) is 0 Å². The Morgan fingerprint density at radius 2 is 1.90 bits per heavy atom. The number of carbonyl (C=O) groups excluding carboxylic acids is 2. The standard InChI is InChI=1S/C22H22FN3O4/c1-3-26-19-9-6-16(12-18(19)25-14(2)21(26)28)22(29)30-13-20(27)24-11-10-15-4-7-17(23)8-5-15/h4-9,12H,3,10-11,13H2,1-2H3,(H,24,27). The number of hydrogen-bond donors (Lipinski definition) is 1. The SMILES string of the molecule is CCn1c(=O)c(C)nc2cc(C(=O)OCC(=O)NCCc3ccc(F)cc3)ccc21. The maximum Gasteiger partial charge on any atom is 0.338 e. The molecule has 7 nitrogen and oxygen atoms in total. The number of amides is 1. The normalized spacial score (nSPS) is 10.8. The summed E-state index contributed by atoms with van der Waals surface area (Å²) in [6.45, 7) is 3.89. The molecule has 0 aliphatic rings. The summed E-state index contributed by atoms with van der Waals surface area (Å²) in [5.41, 5.74) is 2.44. The minimum Gasteiger partial charge on any atom is -0.452 e. The molecule has 3 aromatic rings. The predicted octanol–water partition coefficient (Wildman–Crippen LogP) is 2.38. The fourth-order valence-corrected chi connectivity index (χ4v) is 3.08. The molecule has 1 amide bonds. The van der Waals surface area contributed by atoms with Crippen LogP contribution in [-0.4, -0.2) is 34.6 Å². The van der Waals surface area contributed by atoms with Gasteiger partial charge in [-0.2, -0.15) is 0 Å². The summed E-state index contributed by atoms with van der Waals surface area (Å²) in [6.07, 6.45) is 0.537. The minimum atomic E-state index is -0.653. The molecule has 0 spiro atoms. The summed E-state index contributed by atoms with van der Waals surface area (Å²) in [4.78, 5) is 40.6. The van der Waals surface area contributed by atoms with Crippen molar-refractivity contribution in [2.75, 3.05) is 13.2 Å². The van der Waals surface area contributed by atoms with Crippen molar-refractivity contribution >= 4 is 22.9 Å². The molecular weight excluding hydrogens is 389 g/mol. The molecule has 30 heavy (non-hydrogen) atoms. The highest BCUT2D eigenvalue weighted by Gasteiger charge is 2.13. The van der Waals surface area contributed by atoms with E-state index in [0.29, 0.717) is 36.2 Å². The van der Waals surface area contributed by atoms with Crippen molar-refractivity contribution in [2.24, 2.45) is 0 Å². The minimum absolute atomic E-state index is 0.169.